The number of nitrogens with one attached hydrogen (secondary N) is 1. The van der Waals surface area contributed by atoms with E-state index in [1.807, 2.05) is 13.0 Å². The highest BCUT2D eigenvalue weighted by molar-refractivity contribution is 6.01. The maximum Gasteiger partial charge on any atom is 0.330 e. The van der Waals surface area contributed by atoms with Gasteiger partial charge in [-0.1, -0.05) is 30.6 Å². The van der Waals surface area contributed by atoms with Gasteiger partial charge in [0, 0.05) is 34.4 Å². The van der Waals surface area contributed by atoms with Crippen molar-refractivity contribution in [2.75, 3.05) is 6.61 Å². The molecular weight excluding hydrogens is 568 g/mol. The summed E-state index contributed by atoms with van der Waals surface area (Å²) in [7, 11) is 0. The standard InChI is InChI=1S/C31H36N6O7/c1-15-13-37(29(42)34-27(15)40)24-10-21(35-36-33)23(44-24)14-43-28(41)25-16(12-32)8-20-19-5-4-17-9-18(38)6-7-30(17,2)26(19)22(39)11-31(20,25)3/h6-7,9,13,16,19-26,39H,4-5,8,10-11,14H2,1-3H3,(H,34,40,42)/t16?,19-,20-,21-,22-,23+,24+,25+,26+,30-,31-/m0/s1. The Morgan fingerprint density at radius 1 is 1.34 bits per heavy atom. The molecule has 232 valence electrons. The predicted octanol–water partition coefficient (Wildman–Crippen LogP) is 3.00. The third-order valence-corrected chi connectivity index (χ3v) is 11.2. The first kappa shape index (κ1) is 30.1. The number of aryl methyl sites for hydroxylation is 1. The molecule has 13 heteroatoms. The van der Waals surface area contributed by atoms with Crippen molar-refractivity contribution in [1.82, 2.24) is 9.55 Å². The van der Waals surface area contributed by atoms with Gasteiger partial charge in [0.2, 0.25) is 0 Å². The van der Waals surface area contributed by atoms with Crippen LogP contribution in [0.15, 0.2) is 44.7 Å². The zero-order valence-corrected chi connectivity index (χ0v) is 24.9. The van der Waals surface area contributed by atoms with Gasteiger partial charge in [-0.3, -0.25) is 23.9 Å². The van der Waals surface area contributed by atoms with Crippen LogP contribution in [0.25, 0.3) is 10.4 Å². The lowest BCUT2D eigenvalue weighted by Crippen LogP contribution is -2.56. The van der Waals surface area contributed by atoms with Gasteiger partial charge >= 0.3 is 11.7 Å². The second-order valence-corrected chi connectivity index (χ2v) is 13.5. The zero-order valence-electron chi connectivity index (χ0n) is 24.9. The first-order valence-electron chi connectivity index (χ1n) is 15.1. The van der Waals surface area contributed by atoms with Crippen LogP contribution < -0.4 is 11.2 Å². The Morgan fingerprint density at radius 2 is 2.11 bits per heavy atom. The minimum atomic E-state index is -0.852. The van der Waals surface area contributed by atoms with Crippen LogP contribution in [-0.2, 0) is 19.1 Å². The maximum atomic E-state index is 13.8. The molecule has 6 rings (SSSR count). The first-order valence-corrected chi connectivity index (χ1v) is 15.1. The largest absolute Gasteiger partial charge is 0.463 e. The van der Waals surface area contributed by atoms with Crippen LogP contribution in [0.1, 0.15) is 57.7 Å². The Hall–Kier alpha value is -3.98. The van der Waals surface area contributed by atoms with Gasteiger partial charge in [-0.15, -0.1) is 0 Å². The summed E-state index contributed by atoms with van der Waals surface area (Å²) in [5.74, 6) is -2.06. The van der Waals surface area contributed by atoms with Crippen molar-refractivity contribution in [2.24, 2.45) is 45.5 Å². The Bertz CT molecular complexity index is 1670. The van der Waals surface area contributed by atoms with Crippen molar-refractivity contribution in [3.05, 3.63) is 66.8 Å². The van der Waals surface area contributed by atoms with E-state index in [4.69, 9.17) is 15.0 Å². The van der Waals surface area contributed by atoms with E-state index >= 15 is 0 Å². The summed E-state index contributed by atoms with van der Waals surface area (Å²) in [6.07, 6.45) is 6.57. The van der Waals surface area contributed by atoms with E-state index in [0.717, 1.165) is 18.4 Å². The third kappa shape index (κ3) is 4.64. The van der Waals surface area contributed by atoms with Crippen molar-refractivity contribution in [3.63, 3.8) is 0 Å². The molecule has 1 aromatic rings. The molecule has 44 heavy (non-hydrogen) atoms. The molecule has 1 aromatic heterocycles. The van der Waals surface area contributed by atoms with Crippen LogP contribution in [0, 0.1) is 58.7 Å². The molecule has 11 atom stereocenters. The van der Waals surface area contributed by atoms with Crippen LogP contribution in [-0.4, -0.2) is 51.3 Å². The number of hydrogen-bond donors (Lipinski definition) is 2. The number of azide groups is 1. The SMILES string of the molecule is Cc1cn([C@H]2C[C@H](N=[N+]=[N-])[C@@H](COC(=O)[C@H]3C(C#N)C[C@H]4[C@@H]5CCC6=CC(=O)C=C[C@]6(C)[C@H]5[C@@H](O)C[C@]34C)O2)c(=O)[nH]c1=O. The summed E-state index contributed by atoms with van der Waals surface area (Å²) >= 11 is 0. The number of nitriles is 1. The smallest absolute Gasteiger partial charge is 0.330 e. The number of nitrogens with zero attached hydrogens (tertiary/aromatic N) is 5. The fourth-order valence-electron chi connectivity index (χ4n) is 9.21. The first-order chi connectivity index (χ1) is 20.9. The Labute approximate surface area is 253 Å². The lowest BCUT2D eigenvalue weighted by Gasteiger charge is -2.58. The van der Waals surface area contributed by atoms with Crippen LogP contribution in [0.5, 0.6) is 0 Å². The van der Waals surface area contributed by atoms with Crippen molar-refractivity contribution < 1.29 is 24.2 Å². The van der Waals surface area contributed by atoms with Crippen molar-refractivity contribution in [1.29, 1.82) is 5.26 Å². The summed E-state index contributed by atoms with van der Waals surface area (Å²) in [6.45, 7) is 5.34. The molecule has 0 spiro atoms. The number of aromatic nitrogens is 2. The number of esters is 1. The second kappa shape index (κ2) is 10.9. The average Bonchev–Trinajstić information content (AvgIpc) is 3.51. The zero-order chi connectivity index (χ0) is 31.6. The number of ketones is 1. The van der Waals surface area contributed by atoms with E-state index in [1.165, 1.54) is 10.8 Å². The Balaban J connectivity index is 1.21. The van der Waals surface area contributed by atoms with E-state index in [-0.39, 0.29) is 36.6 Å². The van der Waals surface area contributed by atoms with Crippen LogP contribution in [0.3, 0.4) is 0 Å². The number of carbonyl (C=O) groups is 2. The number of H-pyrrole nitrogens is 1. The number of hydrogen-bond acceptors (Lipinski definition) is 9. The number of fused-ring (bicyclic) bond motifs is 5. The predicted molar refractivity (Wildman–Crippen MR) is 154 cm³/mol. The molecule has 1 aliphatic heterocycles. The number of ether oxygens (including phenoxy) is 2. The Kier molecular flexibility index (Phi) is 7.43. The molecule has 2 heterocycles. The highest BCUT2D eigenvalue weighted by Crippen LogP contribution is 2.67. The summed E-state index contributed by atoms with van der Waals surface area (Å²) in [5.41, 5.74) is 8.14. The van der Waals surface area contributed by atoms with Gasteiger partial charge in [-0.2, -0.15) is 5.26 Å². The van der Waals surface area contributed by atoms with Gasteiger partial charge in [-0.05, 0) is 67.5 Å². The highest BCUT2D eigenvalue weighted by atomic mass is 16.6. The summed E-state index contributed by atoms with van der Waals surface area (Å²) in [6, 6.07) is 1.60. The monoisotopic (exact) mass is 604 g/mol. The number of allylic oxidation sites excluding steroid dienone is 4. The molecule has 5 aliphatic rings. The van der Waals surface area contributed by atoms with Crippen LogP contribution >= 0.6 is 0 Å². The number of rotatable bonds is 5. The number of aliphatic hydroxyl groups is 1. The normalized spacial score (nSPS) is 40.6. The molecule has 4 fully saturated rings. The second-order valence-electron chi connectivity index (χ2n) is 13.5. The fraction of sp³-hybridized carbons (Fsp3) is 0.645. The molecule has 3 saturated carbocycles. The molecule has 1 unspecified atom stereocenters. The van der Waals surface area contributed by atoms with E-state index in [2.05, 4.69) is 28.0 Å². The molecule has 0 bridgehead atoms. The molecule has 13 nitrogen and oxygen atoms in total. The number of carbonyl (C=O) groups excluding carboxylic acids is 2. The fourth-order valence-corrected chi connectivity index (χ4v) is 9.21. The molecule has 1 saturated heterocycles. The molecule has 0 aromatic carbocycles. The average molecular weight is 605 g/mol. The Morgan fingerprint density at radius 3 is 2.84 bits per heavy atom. The minimum Gasteiger partial charge on any atom is -0.463 e. The van der Waals surface area contributed by atoms with Crippen LogP contribution in [0.4, 0.5) is 0 Å². The van der Waals surface area contributed by atoms with Crippen molar-refractivity contribution in [2.45, 2.75) is 77.4 Å². The quantitative estimate of drug-likeness (QED) is 0.221. The van der Waals surface area contributed by atoms with Gasteiger partial charge in [0.25, 0.3) is 5.56 Å². The summed E-state index contributed by atoms with van der Waals surface area (Å²) in [5, 5.41) is 25.6. The summed E-state index contributed by atoms with van der Waals surface area (Å²) < 4.78 is 13.0. The lowest BCUT2D eigenvalue weighted by atomic mass is 9.47. The van der Waals surface area contributed by atoms with Gasteiger partial charge < -0.3 is 14.6 Å². The van der Waals surface area contributed by atoms with E-state index in [1.54, 1.807) is 19.1 Å². The topological polar surface area (TPSA) is 200 Å². The molecule has 0 amide bonds. The van der Waals surface area contributed by atoms with Gasteiger partial charge in [-0.25, -0.2) is 4.79 Å². The van der Waals surface area contributed by atoms with E-state index in [9.17, 15) is 29.5 Å². The lowest BCUT2D eigenvalue weighted by molar-refractivity contribution is -0.166. The third-order valence-electron chi connectivity index (χ3n) is 11.2. The van der Waals surface area contributed by atoms with E-state index in [0.29, 0.717) is 18.4 Å². The van der Waals surface area contributed by atoms with Crippen molar-refractivity contribution >= 4 is 11.8 Å². The van der Waals surface area contributed by atoms with Gasteiger partial charge in [0.05, 0.1) is 30.1 Å². The summed E-state index contributed by atoms with van der Waals surface area (Å²) in [4.78, 5) is 55.3. The highest BCUT2D eigenvalue weighted by Gasteiger charge is 2.65. The number of aromatic amines is 1. The van der Waals surface area contributed by atoms with Gasteiger partial charge in [0.15, 0.2) is 5.78 Å². The number of aliphatic hydroxyl groups excluding tert-OH is 1. The molecule has 0 radical (unpaired) electrons. The van der Waals surface area contributed by atoms with E-state index < -0.39 is 64.4 Å². The van der Waals surface area contributed by atoms with Gasteiger partial charge in [0.1, 0.15) is 18.9 Å². The maximum absolute atomic E-state index is 13.8. The molecule has 4 aliphatic carbocycles. The van der Waals surface area contributed by atoms with Crippen molar-refractivity contribution in [3.8, 4) is 6.07 Å². The molecular formula is C31H36N6O7. The van der Waals surface area contributed by atoms with Crippen LogP contribution in [0.2, 0.25) is 0 Å². The minimum absolute atomic E-state index is 0.000836. The molecule has 2 N–H and O–H groups in total.